The standard InChI is InChI=1S/C28H25NO4/c1-2-15-33-18-13-11-17(12-14-18)29-26(31)24-23-19-7-3-5-9-21(19)28(16-30,25(24)27(29)32)22-10-6-4-8-20(22)23/h3-14,23-25,30H,2,15-16H2,1H3. The maximum Gasteiger partial charge on any atom is 0.239 e. The minimum Gasteiger partial charge on any atom is -0.494 e. The van der Waals surface area contributed by atoms with Gasteiger partial charge in [-0.15, -0.1) is 0 Å². The summed E-state index contributed by atoms with van der Waals surface area (Å²) < 4.78 is 5.66. The lowest BCUT2D eigenvalue weighted by atomic mass is 9.47. The second-order valence-electron chi connectivity index (χ2n) is 9.14. The molecule has 1 saturated heterocycles. The average Bonchev–Trinajstić information content (AvgIpc) is 3.14. The van der Waals surface area contributed by atoms with Crippen LogP contribution in [0.25, 0.3) is 0 Å². The summed E-state index contributed by atoms with van der Waals surface area (Å²) >= 11 is 0. The van der Waals surface area contributed by atoms with Crippen molar-refractivity contribution < 1.29 is 19.4 Å². The third-order valence-corrected chi connectivity index (χ3v) is 7.61. The van der Waals surface area contributed by atoms with Crippen LogP contribution in [0.3, 0.4) is 0 Å². The fourth-order valence-electron chi connectivity index (χ4n) is 6.36. The molecule has 166 valence electrons. The minimum absolute atomic E-state index is 0.195. The Labute approximate surface area is 192 Å². The first-order valence-corrected chi connectivity index (χ1v) is 11.5. The van der Waals surface area contributed by atoms with Crippen LogP contribution in [0.15, 0.2) is 72.8 Å². The molecule has 2 atom stereocenters. The van der Waals surface area contributed by atoms with E-state index >= 15 is 0 Å². The van der Waals surface area contributed by atoms with Crippen molar-refractivity contribution in [3.63, 3.8) is 0 Å². The number of imide groups is 1. The van der Waals surface area contributed by atoms with Crippen LogP contribution in [0, 0.1) is 11.8 Å². The van der Waals surface area contributed by atoms with Crippen LogP contribution in [-0.2, 0) is 15.0 Å². The van der Waals surface area contributed by atoms with Crippen LogP contribution in [0.2, 0.25) is 0 Å². The lowest BCUT2D eigenvalue weighted by Gasteiger charge is -2.53. The second kappa shape index (κ2) is 7.29. The highest BCUT2D eigenvalue weighted by molar-refractivity contribution is 6.23. The van der Waals surface area contributed by atoms with Crippen LogP contribution in [0.1, 0.15) is 41.5 Å². The molecule has 0 aromatic heterocycles. The molecule has 1 fully saturated rings. The molecule has 2 amide bonds. The molecule has 3 aromatic carbocycles. The van der Waals surface area contributed by atoms with E-state index in [2.05, 4.69) is 0 Å². The van der Waals surface area contributed by atoms with Crippen molar-refractivity contribution in [1.29, 1.82) is 0 Å². The molecule has 5 nitrogen and oxygen atoms in total. The molecule has 1 aliphatic heterocycles. The van der Waals surface area contributed by atoms with Crippen LogP contribution < -0.4 is 9.64 Å². The average molecular weight is 440 g/mol. The van der Waals surface area contributed by atoms with E-state index in [-0.39, 0.29) is 24.3 Å². The van der Waals surface area contributed by atoms with Crippen LogP contribution in [0.4, 0.5) is 5.69 Å². The van der Waals surface area contributed by atoms with E-state index in [1.54, 1.807) is 24.3 Å². The lowest BCUT2D eigenvalue weighted by Crippen LogP contribution is -2.55. The van der Waals surface area contributed by atoms with Crippen LogP contribution in [-0.4, -0.2) is 30.1 Å². The summed E-state index contributed by atoms with van der Waals surface area (Å²) in [5, 5.41) is 10.9. The van der Waals surface area contributed by atoms with Gasteiger partial charge in [-0.2, -0.15) is 0 Å². The largest absolute Gasteiger partial charge is 0.494 e. The third kappa shape index (κ3) is 2.51. The highest BCUT2D eigenvalue weighted by Crippen LogP contribution is 2.64. The Morgan fingerprint density at radius 1 is 0.879 bits per heavy atom. The number of amides is 2. The molecular formula is C28H25NO4. The minimum atomic E-state index is -0.932. The lowest BCUT2D eigenvalue weighted by molar-refractivity contribution is -0.124. The SMILES string of the molecule is CCCOc1ccc(N2C(=O)C3C4c5ccccc5C(CO)(c5ccccc54)C3C2=O)cc1. The van der Waals surface area contributed by atoms with Crippen molar-refractivity contribution in [1.82, 2.24) is 0 Å². The van der Waals surface area contributed by atoms with Crippen molar-refractivity contribution in [3.05, 3.63) is 95.1 Å². The Kier molecular flexibility index (Phi) is 4.46. The van der Waals surface area contributed by atoms with Crippen molar-refractivity contribution in [3.8, 4) is 5.75 Å². The molecule has 2 bridgehead atoms. The Hall–Kier alpha value is -3.44. The summed E-state index contributed by atoms with van der Waals surface area (Å²) in [6.45, 7) is 2.42. The predicted molar refractivity (Wildman–Crippen MR) is 124 cm³/mol. The van der Waals surface area contributed by atoms with Gasteiger partial charge >= 0.3 is 0 Å². The zero-order valence-electron chi connectivity index (χ0n) is 18.4. The smallest absolute Gasteiger partial charge is 0.239 e. The third-order valence-electron chi connectivity index (χ3n) is 7.61. The van der Waals surface area contributed by atoms with Gasteiger partial charge in [0.1, 0.15) is 5.75 Å². The van der Waals surface area contributed by atoms with Gasteiger partial charge in [-0.3, -0.25) is 9.59 Å². The van der Waals surface area contributed by atoms with Gasteiger partial charge in [-0.05, 0) is 52.9 Å². The molecule has 1 N–H and O–H groups in total. The molecule has 0 radical (unpaired) electrons. The molecular weight excluding hydrogens is 414 g/mol. The number of rotatable bonds is 5. The molecule has 3 aliphatic carbocycles. The predicted octanol–water partition coefficient (Wildman–Crippen LogP) is 4.02. The van der Waals surface area contributed by atoms with Gasteiger partial charge in [0.25, 0.3) is 0 Å². The van der Waals surface area contributed by atoms with Gasteiger partial charge in [-0.25, -0.2) is 4.90 Å². The van der Waals surface area contributed by atoms with E-state index in [1.807, 2.05) is 55.5 Å². The molecule has 1 heterocycles. The number of carbonyl (C=O) groups is 2. The summed E-state index contributed by atoms with van der Waals surface area (Å²) in [7, 11) is 0. The van der Waals surface area contributed by atoms with Gasteiger partial charge in [0.2, 0.25) is 11.8 Å². The first-order valence-electron chi connectivity index (χ1n) is 11.5. The summed E-state index contributed by atoms with van der Waals surface area (Å²) in [6, 6.07) is 23.1. The monoisotopic (exact) mass is 439 g/mol. The van der Waals surface area contributed by atoms with E-state index in [9.17, 15) is 14.7 Å². The molecule has 5 heteroatoms. The van der Waals surface area contributed by atoms with E-state index < -0.39 is 17.3 Å². The summed E-state index contributed by atoms with van der Waals surface area (Å²) in [5.74, 6) is -1.10. The number of anilines is 1. The molecule has 4 aliphatic rings. The van der Waals surface area contributed by atoms with Crippen LogP contribution >= 0.6 is 0 Å². The van der Waals surface area contributed by atoms with Gasteiger partial charge in [0.15, 0.2) is 0 Å². The number of hydrogen-bond acceptors (Lipinski definition) is 4. The van der Waals surface area contributed by atoms with Gasteiger partial charge < -0.3 is 9.84 Å². The number of carbonyl (C=O) groups excluding carboxylic acids is 2. The quantitative estimate of drug-likeness (QED) is 0.610. The number of benzene rings is 3. The van der Waals surface area contributed by atoms with E-state index in [1.165, 1.54) is 4.90 Å². The van der Waals surface area contributed by atoms with E-state index in [4.69, 9.17) is 4.74 Å². The zero-order valence-corrected chi connectivity index (χ0v) is 18.4. The molecule has 0 saturated carbocycles. The summed E-state index contributed by atoms with van der Waals surface area (Å²) in [6.07, 6.45) is 0.903. The Bertz CT molecular complexity index is 1220. The Morgan fingerprint density at radius 2 is 1.48 bits per heavy atom. The first kappa shape index (κ1) is 20.2. The Balaban J connectivity index is 1.51. The molecule has 7 rings (SSSR count). The van der Waals surface area contributed by atoms with Gasteiger partial charge in [-0.1, -0.05) is 55.5 Å². The Morgan fingerprint density at radius 3 is 2.06 bits per heavy atom. The molecule has 0 spiro atoms. The normalized spacial score (nSPS) is 26.7. The fraction of sp³-hybridized carbons (Fsp3) is 0.286. The molecule has 33 heavy (non-hydrogen) atoms. The fourth-order valence-corrected chi connectivity index (χ4v) is 6.36. The second-order valence-corrected chi connectivity index (χ2v) is 9.14. The highest BCUT2D eigenvalue weighted by atomic mass is 16.5. The van der Waals surface area contributed by atoms with Gasteiger partial charge in [0, 0.05) is 5.92 Å². The van der Waals surface area contributed by atoms with Crippen LogP contribution in [0.5, 0.6) is 5.75 Å². The van der Waals surface area contributed by atoms with Crippen molar-refractivity contribution in [2.24, 2.45) is 11.8 Å². The van der Waals surface area contributed by atoms with Crippen molar-refractivity contribution in [2.75, 3.05) is 18.1 Å². The summed E-state index contributed by atoms with van der Waals surface area (Å²) in [4.78, 5) is 29.1. The number of ether oxygens (including phenoxy) is 1. The topological polar surface area (TPSA) is 66.8 Å². The number of aliphatic hydroxyl groups is 1. The van der Waals surface area contributed by atoms with E-state index in [0.29, 0.717) is 18.0 Å². The zero-order chi connectivity index (χ0) is 22.7. The van der Waals surface area contributed by atoms with Gasteiger partial charge in [0.05, 0.1) is 36.2 Å². The highest BCUT2D eigenvalue weighted by Gasteiger charge is 2.68. The van der Waals surface area contributed by atoms with Crippen molar-refractivity contribution >= 4 is 17.5 Å². The molecule has 2 unspecified atom stereocenters. The van der Waals surface area contributed by atoms with E-state index in [0.717, 1.165) is 28.7 Å². The number of hydrogen-bond donors (Lipinski definition) is 1. The number of aliphatic hydroxyl groups excluding tert-OH is 1. The first-order chi connectivity index (χ1) is 16.1. The number of nitrogens with zero attached hydrogens (tertiary/aromatic N) is 1. The maximum absolute atomic E-state index is 13.9. The maximum atomic E-state index is 13.9. The summed E-state index contributed by atoms with van der Waals surface area (Å²) in [5.41, 5.74) is 3.62. The van der Waals surface area contributed by atoms with Crippen molar-refractivity contribution in [2.45, 2.75) is 24.7 Å². The molecule has 3 aromatic rings.